The molecule has 0 saturated carbocycles. The van der Waals surface area contributed by atoms with E-state index < -0.39 is 0 Å². The zero-order chi connectivity index (χ0) is 19.7. The zero-order valence-corrected chi connectivity index (χ0v) is 16.7. The number of pyridine rings is 2. The average molecular weight is 401 g/mol. The predicted octanol–water partition coefficient (Wildman–Crippen LogP) is 7.09. The van der Waals surface area contributed by atoms with Crippen molar-refractivity contribution in [2.45, 2.75) is 0 Å². The lowest BCUT2D eigenvalue weighted by atomic mass is 10.1. The smallest absolute Gasteiger partial charge is 0.145 e. The van der Waals surface area contributed by atoms with Gasteiger partial charge in [-0.3, -0.25) is 9.55 Å². The minimum atomic E-state index is 0.946. The van der Waals surface area contributed by atoms with E-state index in [1.165, 1.54) is 30.9 Å². The van der Waals surface area contributed by atoms with Gasteiger partial charge in [0, 0.05) is 43.3 Å². The molecule has 140 valence electrons. The highest BCUT2D eigenvalue weighted by Crippen LogP contribution is 2.42. The van der Waals surface area contributed by atoms with E-state index in [-0.39, 0.29) is 0 Å². The van der Waals surface area contributed by atoms with Gasteiger partial charge < -0.3 is 0 Å². The maximum absolute atomic E-state index is 4.81. The molecule has 4 heterocycles. The van der Waals surface area contributed by atoms with Crippen LogP contribution in [0.2, 0.25) is 0 Å². The summed E-state index contributed by atoms with van der Waals surface area (Å²) in [6.07, 6.45) is 3.78. The molecule has 0 saturated heterocycles. The first-order valence-corrected chi connectivity index (χ1v) is 10.8. The summed E-state index contributed by atoms with van der Waals surface area (Å²) in [5, 5.41) is 6.13. The van der Waals surface area contributed by atoms with E-state index in [1.54, 1.807) is 0 Å². The standard InChI is InChI=1S/C26H15N3S/c1-2-7-17-16(6-1)13-15-28-26(17)29-20-12-11-19-18-8-3-4-10-22(18)30-25(19)23(20)24-21(29)9-5-14-27-24/h1-15H. The van der Waals surface area contributed by atoms with Gasteiger partial charge in [0.25, 0.3) is 0 Å². The van der Waals surface area contributed by atoms with Crippen molar-refractivity contribution in [1.29, 1.82) is 0 Å². The van der Waals surface area contributed by atoms with Gasteiger partial charge in [-0.05, 0) is 35.7 Å². The molecule has 4 heteroatoms. The second-order valence-corrected chi connectivity index (χ2v) is 8.55. The molecular weight excluding hydrogens is 386 g/mol. The molecule has 3 nitrogen and oxygen atoms in total. The Kier molecular flexibility index (Phi) is 3.15. The molecule has 0 unspecified atom stereocenters. The van der Waals surface area contributed by atoms with Crippen LogP contribution in [-0.2, 0) is 0 Å². The van der Waals surface area contributed by atoms with Crippen LogP contribution in [0.5, 0.6) is 0 Å². The van der Waals surface area contributed by atoms with Crippen molar-refractivity contribution >= 4 is 64.2 Å². The molecule has 7 rings (SSSR count). The Morgan fingerprint density at radius 3 is 2.47 bits per heavy atom. The third-order valence-corrected chi connectivity index (χ3v) is 7.10. The summed E-state index contributed by atoms with van der Waals surface area (Å²) in [6, 6.07) is 27.7. The first-order chi connectivity index (χ1) is 14.9. The average Bonchev–Trinajstić information content (AvgIpc) is 3.34. The number of nitrogens with zero attached hydrogens (tertiary/aromatic N) is 3. The van der Waals surface area contributed by atoms with Crippen molar-refractivity contribution in [3.8, 4) is 5.82 Å². The molecule has 0 aliphatic rings. The number of thiophene rings is 1. The van der Waals surface area contributed by atoms with Crippen LogP contribution >= 0.6 is 11.3 Å². The summed E-state index contributed by atoms with van der Waals surface area (Å²) in [7, 11) is 0. The van der Waals surface area contributed by atoms with Gasteiger partial charge in [-0.1, -0.05) is 48.5 Å². The molecule has 0 bridgehead atoms. The van der Waals surface area contributed by atoms with Crippen molar-refractivity contribution in [2.24, 2.45) is 0 Å². The van der Waals surface area contributed by atoms with Gasteiger partial charge in [0.05, 0.1) is 16.6 Å². The Hall–Kier alpha value is -3.76. The molecule has 4 aromatic heterocycles. The Morgan fingerprint density at radius 1 is 0.633 bits per heavy atom. The second kappa shape index (κ2) is 5.88. The molecule has 30 heavy (non-hydrogen) atoms. The SMILES string of the molecule is c1ccc2c(-n3c4cccnc4c4c5sc6ccccc6c5ccc43)nccc2c1. The van der Waals surface area contributed by atoms with Crippen LogP contribution in [0, 0.1) is 0 Å². The number of hydrogen-bond acceptors (Lipinski definition) is 3. The third-order valence-electron chi connectivity index (χ3n) is 5.89. The fourth-order valence-electron chi connectivity index (χ4n) is 4.60. The van der Waals surface area contributed by atoms with Gasteiger partial charge in [-0.25, -0.2) is 4.98 Å². The molecule has 0 aliphatic carbocycles. The number of rotatable bonds is 1. The van der Waals surface area contributed by atoms with E-state index in [0.29, 0.717) is 0 Å². The fraction of sp³-hybridized carbons (Fsp3) is 0. The monoisotopic (exact) mass is 401 g/mol. The van der Waals surface area contributed by atoms with Crippen LogP contribution in [-0.4, -0.2) is 14.5 Å². The third kappa shape index (κ3) is 2.03. The largest absolute Gasteiger partial charge is 0.292 e. The normalized spacial score (nSPS) is 12.0. The molecule has 0 fully saturated rings. The maximum Gasteiger partial charge on any atom is 0.145 e. The lowest BCUT2D eigenvalue weighted by molar-refractivity contribution is 1.10. The first-order valence-electron chi connectivity index (χ1n) is 9.94. The highest BCUT2D eigenvalue weighted by Gasteiger charge is 2.19. The van der Waals surface area contributed by atoms with E-state index in [1.807, 2.05) is 29.8 Å². The van der Waals surface area contributed by atoms with E-state index in [9.17, 15) is 0 Å². The minimum Gasteiger partial charge on any atom is -0.292 e. The summed E-state index contributed by atoms with van der Waals surface area (Å²) in [4.78, 5) is 9.62. The number of aromatic nitrogens is 3. The minimum absolute atomic E-state index is 0.946. The number of fused-ring (bicyclic) bond motifs is 8. The zero-order valence-electron chi connectivity index (χ0n) is 15.9. The highest BCUT2D eigenvalue weighted by atomic mass is 32.1. The lowest BCUT2D eigenvalue weighted by Crippen LogP contribution is -1.98. The van der Waals surface area contributed by atoms with Crippen LogP contribution in [0.25, 0.3) is 58.7 Å². The van der Waals surface area contributed by atoms with Gasteiger partial charge in [-0.15, -0.1) is 11.3 Å². The molecule has 0 radical (unpaired) electrons. The van der Waals surface area contributed by atoms with Crippen molar-refractivity contribution in [3.63, 3.8) is 0 Å². The molecule has 0 spiro atoms. The van der Waals surface area contributed by atoms with Crippen molar-refractivity contribution in [2.75, 3.05) is 0 Å². The van der Waals surface area contributed by atoms with Crippen LogP contribution < -0.4 is 0 Å². The van der Waals surface area contributed by atoms with Gasteiger partial charge >= 0.3 is 0 Å². The molecule has 0 amide bonds. The molecule has 0 atom stereocenters. The van der Waals surface area contributed by atoms with E-state index >= 15 is 0 Å². The van der Waals surface area contributed by atoms with Gasteiger partial charge in [0.15, 0.2) is 0 Å². The van der Waals surface area contributed by atoms with Crippen molar-refractivity contribution in [3.05, 3.63) is 91.3 Å². The van der Waals surface area contributed by atoms with Crippen molar-refractivity contribution < 1.29 is 0 Å². The van der Waals surface area contributed by atoms with Crippen LogP contribution in [0.15, 0.2) is 91.3 Å². The van der Waals surface area contributed by atoms with E-state index in [0.717, 1.165) is 27.8 Å². The van der Waals surface area contributed by atoms with Crippen LogP contribution in [0.3, 0.4) is 0 Å². The molecule has 7 aromatic rings. The number of hydrogen-bond donors (Lipinski definition) is 0. The Balaban J connectivity index is 1.73. The lowest BCUT2D eigenvalue weighted by Gasteiger charge is -2.09. The summed E-state index contributed by atoms with van der Waals surface area (Å²) < 4.78 is 4.86. The molecule has 0 aliphatic heterocycles. The Morgan fingerprint density at radius 2 is 1.50 bits per heavy atom. The molecule has 0 N–H and O–H groups in total. The number of benzene rings is 3. The van der Waals surface area contributed by atoms with E-state index in [2.05, 4.69) is 77.4 Å². The predicted molar refractivity (Wildman–Crippen MR) is 127 cm³/mol. The summed E-state index contributed by atoms with van der Waals surface area (Å²) in [6.45, 7) is 0. The van der Waals surface area contributed by atoms with Crippen LogP contribution in [0.1, 0.15) is 0 Å². The highest BCUT2D eigenvalue weighted by molar-refractivity contribution is 7.26. The fourth-order valence-corrected chi connectivity index (χ4v) is 5.85. The van der Waals surface area contributed by atoms with Crippen molar-refractivity contribution in [1.82, 2.24) is 14.5 Å². The summed E-state index contributed by atoms with van der Waals surface area (Å²) in [5.74, 6) is 0.946. The Bertz CT molecular complexity index is 1750. The van der Waals surface area contributed by atoms with Gasteiger partial charge in [-0.2, -0.15) is 0 Å². The molecular formula is C26H15N3S. The molecule has 3 aromatic carbocycles. The summed E-state index contributed by atoms with van der Waals surface area (Å²) >= 11 is 1.84. The van der Waals surface area contributed by atoms with E-state index in [4.69, 9.17) is 9.97 Å². The topological polar surface area (TPSA) is 30.7 Å². The quantitative estimate of drug-likeness (QED) is 0.294. The second-order valence-electron chi connectivity index (χ2n) is 7.50. The van der Waals surface area contributed by atoms with Crippen LogP contribution in [0.4, 0.5) is 0 Å². The summed E-state index contributed by atoms with van der Waals surface area (Å²) in [5.41, 5.74) is 3.26. The first kappa shape index (κ1) is 16.1. The maximum atomic E-state index is 4.81. The van der Waals surface area contributed by atoms with Gasteiger partial charge in [0.2, 0.25) is 0 Å². The Labute approximate surface area is 175 Å². The van der Waals surface area contributed by atoms with Gasteiger partial charge in [0.1, 0.15) is 5.82 Å².